The van der Waals surface area contributed by atoms with Gasteiger partial charge in [0.05, 0.1) is 0 Å². The summed E-state index contributed by atoms with van der Waals surface area (Å²) in [7, 11) is 0. The molecule has 0 aromatic heterocycles. The van der Waals surface area contributed by atoms with E-state index in [0.29, 0.717) is 24.6 Å². The summed E-state index contributed by atoms with van der Waals surface area (Å²) in [5.41, 5.74) is 8.79. The number of nitrogens with two attached hydrogens (primary N) is 1. The van der Waals surface area contributed by atoms with Crippen LogP contribution in [0.5, 0.6) is 0 Å². The Bertz CT molecular complexity index is 778. The van der Waals surface area contributed by atoms with E-state index < -0.39 is 6.04 Å². The third-order valence-corrected chi connectivity index (χ3v) is 5.92. The lowest BCUT2D eigenvalue weighted by Gasteiger charge is -2.29. The van der Waals surface area contributed by atoms with Crippen LogP contribution in [0.4, 0.5) is 0 Å². The highest BCUT2D eigenvalue weighted by Gasteiger charge is 2.39. The van der Waals surface area contributed by atoms with Crippen molar-refractivity contribution in [2.45, 2.75) is 57.4 Å². The molecule has 2 saturated heterocycles. The standard InChI is InChI=1S/C19H24N4O3/c1-11-15(20)6-7-22(11)9-12-2-3-13-10-23(19(26)14(13)8-12)16-4-5-17(24)21-18(16)25/h2-3,8,11,15-16H,4-7,9-10,20H2,1H3,(H,21,24,25). The lowest BCUT2D eigenvalue weighted by Crippen LogP contribution is -2.52. The molecule has 3 atom stereocenters. The molecule has 3 amide bonds. The van der Waals surface area contributed by atoms with Crippen LogP contribution in [0.2, 0.25) is 0 Å². The van der Waals surface area contributed by atoms with E-state index in [-0.39, 0.29) is 30.2 Å². The van der Waals surface area contributed by atoms with Crippen molar-refractivity contribution in [3.05, 3.63) is 34.9 Å². The van der Waals surface area contributed by atoms with Crippen LogP contribution < -0.4 is 11.1 Å². The van der Waals surface area contributed by atoms with Crippen LogP contribution in [-0.4, -0.2) is 52.2 Å². The third kappa shape index (κ3) is 2.91. The molecule has 3 aliphatic rings. The van der Waals surface area contributed by atoms with E-state index in [0.717, 1.165) is 30.6 Å². The molecule has 1 aromatic rings. The number of likely N-dealkylation sites (tertiary alicyclic amines) is 1. The van der Waals surface area contributed by atoms with Crippen LogP contribution >= 0.6 is 0 Å². The molecule has 0 aliphatic carbocycles. The second-order valence-corrected chi connectivity index (χ2v) is 7.56. The Morgan fingerprint density at radius 3 is 2.73 bits per heavy atom. The minimum absolute atomic E-state index is 0.123. The maximum atomic E-state index is 12.9. The fourth-order valence-electron chi connectivity index (χ4n) is 4.19. The average Bonchev–Trinajstić information content (AvgIpc) is 3.10. The summed E-state index contributed by atoms with van der Waals surface area (Å²) >= 11 is 0. The molecule has 3 unspecified atom stereocenters. The number of hydrogen-bond acceptors (Lipinski definition) is 5. The van der Waals surface area contributed by atoms with Crippen molar-refractivity contribution in [2.24, 2.45) is 5.73 Å². The van der Waals surface area contributed by atoms with Crippen LogP contribution in [-0.2, 0) is 22.7 Å². The summed E-state index contributed by atoms with van der Waals surface area (Å²) in [5, 5.41) is 2.33. The first-order valence-corrected chi connectivity index (χ1v) is 9.20. The number of amides is 3. The Morgan fingerprint density at radius 2 is 2.04 bits per heavy atom. The molecule has 4 rings (SSSR count). The molecule has 26 heavy (non-hydrogen) atoms. The molecule has 0 radical (unpaired) electrons. The Balaban J connectivity index is 1.50. The molecule has 0 spiro atoms. The molecule has 1 aromatic carbocycles. The van der Waals surface area contributed by atoms with Crippen LogP contribution in [0.3, 0.4) is 0 Å². The molecule has 7 heteroatoms. The molecular weight excluding hydrogens is 332 g/mol. The van der Waals surface area contributed by atoms with Crippen molar-refractivity contribution in [3.8, 4) is 0 Å². The fraction of sp³-hybridized carbons (Fsp3) is 0.526. The summed E-state index contributed by atoms with van der Waals surface area (Å²) in [4.78, 5) is 40.2. The van der Waals surface area contributed by atoms with E-state index in [2.05, 4.69) is 23.2 Å². The summed E-state index contributed by atoms with van der Waals surface area (Å²) < 4.78 is 0. The number of carbonyl (C=O) groups is 3. The zero-order valence-corrected chi connectivity index (χ0v) is 14.9. The van der Waals surface area contributed by atoms with Gasteiger partial charge in [0.15, 0.2) is 0 Å². The minimum Gasteiger partial charge on any atom is -0.326 e. The fourth-order valence-corrected chi connectivity index (χ4v) is 4.19. The highest BCUT2D eigenvalue weighted by Crippen LogP contribution is 2.29. The SMILES string of the molecule is CC1C(N)CCN1Cc1ccc2c(c1)C(=O)N(C1CCC(=O)NC1=O)C2. The van der Waals surface area contributed by atoms with Crippen molar-refractivity contribution in [1.29, 1.82) is 0 Å². The quantitative estimate of drug-likeness (QED) is 0.763. The van der Waals surface area contributed by atoms with Crippen LogP contribution in [0.25, 0.3) is 0 Å². The molecule has 0 saturated carbocycles. The zero-order chi connectivity index (χ0) is 18.4. The molecule has 3 N–H and O–H groups in total. The highest BCUT2D eigenvalue weighted by molar-refractivity contribution is 6.05. The largest absolute Gasteiger partial charge is 0.326 e. The Morgan fingerprint density at radius 1 is 1.23 bits per heavy atom. The number of hydrogen-bond donors (Lipinski definition) is 2. The molecule has 3 heterocycles. The van der Waals surface area contributed by atoms with Gasteiger partial charge in [-0.05, 0) is 37.0 Å². The molecule has 3 aliphatic heterocycles. The predicted octanol–water partition coefficient (Wildman–Crippen LogP) is 0.369. The number of nitrogens with zero attached hydrogens (tertiary/aromatic N) is 2. The Labute approximate surface area is 152 Å². The van der Waals surface area contributed by atoms with E-state index in [9.17, 15) is 14.4 Å². The van der Waals surface area contributed by atoms with Gasteiger partial charge in [-0.25, -0.2) is 0 Å². The zero-order valence-electron chi connectivity index (χ0n) is 14.9. The number of piperidine rings is 1. The van der Waals surface area contributed by atoms with Gasteiger partial charge in [0.25, 0.3) is 5.91 Å². The van der Waals surface area contributed by atoms with E-state index in [4.69, 9.17) is 5.73 Å². The molecule has 138 valence electrons. The van der Waals surface area contributed by atoms with Gasteiger partial charge in [0.1, 0.15) is 6.04 Å². The van der Waals surface area contributed by atoms with Crippen molar-refractivity contribution in [2.75, 3.05) is 6.54 Å². The first-order valence-electron chi connectivity index (χ1n) is 9.20. The Kier molecular flexibility index (Phi) is 4.28. The van der Waals surface area contributed by atoms with Gasteiger partial charge in [-0.1, -0.05) is 12.1 Å². The maximum Gasteiger partial charge on any atom is 0.255 e. The number of fused-ring (bicyclic) bond motifs is 1. The van der Waals surface area contributed by atoms with Crippen molar-refractivity contribution >= 4 is 17.7 Å². The van der Waals surface area contributed by atoms with Crippen LogP contribution in [0, 0.1) is 0 Å². The van der Waals surface area contributed by atoms with Crippen molar-refractivity contribution in [1.82, 2.24) is 15.1 Å². The summed E-state index contributed by atoms with van der Waals surface area (Å²) in [6, 6.07) is 5.95. The Hall–Kier alpha value is -2.25. The number of carbonyl (C=O) groups excluding carboxylic acids is 3. The summed E-state index contributed by atoms with van der Waals surface area (Å²) in [6.45, 7) is 4.30. The van der Waals surface area contributed by atoms with Crippen LogP contribution in [0.1, 0.15) is 47.7 Å². The topological polar surface area (TPSA) is 95.7 Å². The average molecular weight is 356 g/mol. The first kappa shape index (κ1) is 17.2. The van der Waals surface area contributed by atoms with E-state index in [1.807, 2.05) is 12.1 Å². The van der Waals surface area contributed by atoms with Gasteiger partial charge < -0.3 is 10.6 Å². The van der Waals surface area contributed by atoms with Crippen LogP contribution in [0.15, 0.2) is 18.2 Å². The second kappa shape index (κ2) is 6.48. The van der Waals surface area contributed by atoms with Gasteiger partial charge in [0.2, 0.25) is 11.8 Å². The summed E-state index contributed by atoms with van der Waals surface area (Å²) in [6.07, 6.45) is 1.66. The van der Waals surface area contributed by atoms with Gasteiger partial charge in [0, 0.05) is 43.7 Å². The highest BCUT2D eigenvalue weighted by atomic mass is 16.2. The maximum absolute atomic E-state index is 12.9. The number of benzene rings is 1. The minimum atomic E-state index is -0.562. The van der Waals surface area contributed by atoms with E-state index in [1.165, 1.54) is 0 Å². The smallest absolute Gasteiger partial charge is 0.255 e. The first-order chi connectivity index (χ1) is 12.4. The van der Waals surface area contributed by atoms with Gasteiger partial charge >= 0.3 is 0 Å². The number of rotatable bonds is 3. The van der Waals surface area contributed by atoms with E-state index >= 15 is 0 Å². The molecule has 0 bridgehead atoms. The van der Waals surface area contributed by atoms with Gasteiger partial charge in [-0.3, -0.25) is 24.6 Å². The van der Waals surface area contributed by atoms with Gasteiger partial charge in [-0.15, -0.1) is 0 Å². The monoisotopic (exact) mass is 356 g/mol. The van der Waals surface area contributed by atoms with Gasteiger partial charge in [-0.2, -0.15) is 0 Å². The summed E-state index contributed by atoms with van der Waals surface area (Å²) in [5.74, 6) is -0.763. The van der Waals surface area contributed by atoms with Crippen molar-refractivity contribution in [3.63, 3.8) is 0 Å². The lowest BCUT2D eigenvalue weighted by atomic mass is 10.0. The molecular formula is C19H24N4O3. The molecule has 7 nitrogen and oxygen atoms in total. The third-order valence-electron chi connectivity index (χ3n) is 5.92. The molecule has 2 fully saturated rings. The number of nitrogens with one attached hydrogen (secondary N) is 1. The number of imide groups is 1. The normalized spacial score (nSPS) is 29.2. The predicted molar refractivity (Wildman–Crippen MR) is 95.0 cm³/mol. The van der Waals surface area contributed by atoms with E-state index in [1.54, 1.807) is 4.90 Å². The van der Waals surface area contributed by atoms with Crippen molar-refractivity contribution < 1.29 is 14.4 Å². The second-order valence-electron chi connectivity index (χ2n) is 7.56. The lowest BCUT2D eigenvalue weighted by molar-refractivity contribution is -0.136.